The van der Waals surface area contributed by atoms with Gasteiger partial charge in [-0.15, -0.1) is 0 Å². The van der Waals surface area contributed by atoms with E-state index in [0.717, 1.165) is 13.0 Å². The molecule has 2 aromatic rings. The van der Waals surface area contributed by atoms with Gasteiger partial charge in [0.15, 0.2) is 0 Å². The molecule has 0 spiro atoms. The smallest absolute Gasteiger partial charge is 0.0472 e. The molecule has 2 heterocycles. The van der Waals surface area contributed by atoms with Crippen molar-refractivity contribution in [3.63, 3.8) is 0 Å². The third-order valence-corrected chi connectivity index (χ3v) is 2.36. The fraction of sp³-hybridized carbons (Fsp3) is 0.400. The first-order chi connectivity index (χ1) is 5.86. The molecule has 2 aromatic heterocycles. The number of benzene rings is 1. The number of hydrogen-bond donors (Lipinski definition) is 1. The van der Waals surface area contributed by atoms with Gasteiger partial charge in [-0.05, 0) is 37.1 Å². The van der Waals surface area contributed by atoms with Crippen LogP contribution in [0, 0.1) is 0 Å². The van der Waals surface area contributed by atoms with Gasteiger partial charge in [0.25, 0.3) is 0 Å². The minimum atomic E-state index is 0.244. The topological polar surface area (TPSA) is 25.2 Å². The maximum Gasteiger partial charge on any atom is 0.0472 e. The summed E-state index contributed by atoms with van der Waals surface area (Å²) >= 11 is 0. The molecule has 64 valence electrons. The maximum absolute atomic E-state index is 8.81. The lowest BCUT2D eigenvalue weighted by Gasteiger charge is -1.97. The second-order valence-corrected chi connectivity index (χ2v) is 3.03. The zero-order chi connectivity index (χ0) is 8.55. The van der Waals surface area contributed by atoms with Crippen LogP contribution in [0.15, 0.2) is 18.2 Å². The summed E-state index contributed by atoms with van der Waals surface area (Å²) in [6.07, 6.45) is 0.777. The van der Waals surface area contributed by atoms with Crippen LogP contribution < -0.4 is 0 Å². The minimum Gasteiger partial charge on any atom is -0.396 e. The van der Waals surface area contributed by atoms with Crippen molar-refractivity contribution < 1.29 is 5.11 Å². The fourth-order valence-electron chi connectivity index (χ4n) is 1.82. The predicted molar refractivity (Wildman–Crippen MR) is 49.6 cm³/mol. The van der Waals surface area contributed by atoms with Gasteiger partial charge in [-0.1, -0.05) is 0 Å². The Kier molecular flexibility index (Phi) is 1.77. The average Bonchev–Trinajstić information content (AvgIpc) is 2.60. The molecule has 0 saturated carbocycles. The van der Waals surface area contributed by atoms with Gasteiger partial charge in [0.1, 0.15) is 0 Å². The lowest BCUT2D eigenvalue weighted by atomic mass is 10.2. The van der Waals surface area contributed by atoms with E-state index in [9.17, 15) is 0 Å². The van der Waals surface area contributed by atoms with Gasteiger partial charge in [-0.2, -0.15) is 0 Å². The molecule has 0 unspecified atom stereocenters. The predicted octanol–water partition coefficient (Wildman–Crippen LogP) is 1.63. The van der Waals surface area contributed by atoms with Crippen LogP contribution in [0.4, 0.5) is 0 Å². The molecule has 0 aliphatic carbocycles. The summed E-state index contributed by atoms with van der Waals surface area (Å²) in [5.41, 5.74) is 3.83. The summed E-state index contributed by atoms with van der Waals surface area (Å²) in [5.74, 6) is 0. The first kappa shape index (κ1) is 7.62. The lowest BCUT2D eigenvalue weighted by Crippen LogP contribution is -1.92. The van der Waals surface area contributed by atoms with Gasteiger partial charge in [0.2, 0.25) is 0 Å². The zero-order valence-corrected chi connectivity index (χ0v) is 7.25. The normalized spacial score (nSPS) is 11.5. The van der Waals surface area contributed by atoms with Gasteiger partial charge >= 0.3 is 0 Å². The third-order valence-electron chi connectivity index (χ3n) is 2.36. The van der Waals surface area contributed by atoms with E-state index < -0.39 is 0 Å². The molecule has 2 rings (SSSR count). The van der Waals surface area contributed by atoms with E-state index in [0.29, 0.717) is 0 Å². The fourth-order valence-corrected chi connectivity index (χ4v) is 1.82. The zero-order valence-electron chi connectivity index (χ0n) is 7.25. The highest BCUT2D eigenvalue weighted by molar-refractivity contribution is 5.72. The molecule has 1 N–H and O–H groups in total. The number of aromatic nitrogens is 1. The van der Waals surface area contributed by atoms with Crippen molar-refractivity contribution in [2.75, 3.05) is 6.61 Å². The number of rotatable bonds is 3. The van der Waals surface area contributed by atoms with Crippen LogP contribution in [-0.2, 0) is 13.0 Å². The molecule has 0 radical (unpaired) electrons. The van der Waals surface area contributed by atoms with E-state index >= 15 is 0 Å². The molecule has 0 amide bonds. The van der Waals surface area contributed by atoms with Gasteiger partial charge in [-0.25, -0.2) is 0 Å². The van der Waals surface area contributed by atoms with Crippen LogP contribution in [-0.4, -0.2) is 16.3 Å². The molecule has 2 nitrogen and oxygen atoms in total. The largest absolute Gasteiger partial charge is 0.396 e. The lowest BCUT2D eigenvalue weighted by molar-refractivity contribution is 0.300. The van der Waals surface area contributed by atoms with Crippen molar-refractivity contribution in [3.05, 3.63) is 23.8 Å². The molecule has 0 atom stereocenters. The van der Waals surface area contributed by atoms with E-state index in [2.05, 4.69) is 29.7 Å². The van der Waals surface area contributed by atoms with E-state index in [-0.39, 0.29) is 6.61 Å². The van der Waals surface area contributed by atoms with Gasteiger partial charge in [-0.3, -0.25) is 0 Å². The summed E-state index contributed by atoms with van der Waals surface area (Å²) in [5, 5.41) is 8.81. The van der Waals surface area contributed by atoms with Crippen molar-refractivity contribution in [1.29, 1.82) is 0 Å². The number of aliphatic hydroxyl groups is 1. The van der Waals surface area contributed by atoms with Crippen molar-refractivity contribution in [2.24, 2.45) is 0 Å². The summed E-state index contributed by atoms with van der Waals surface area (Å²) in [7, 11) is 0. The standard InChI is InChI=1S/C10H13NO/c1-2-11-9-3-4-10(11)8(7-9)5-6-12/h3-4,7,12H,2,5-6H2,1H3. The Labute approximate surface area is 71.8 Å². The molecule has 2 heteroatoms. The Bertz CT molecular complexity index is 364. The van der Waals surface area contributed by atoms with Crippen molar-refractivity contribution >= 4 is 11.0 Å². The highest BCUT2D eigenvalue weighted by Crippen LogP contribution is 2.22. The van der Waals surface area contributed by atoms with Crippen LogP contribution >= 0.6 is 0 Å². The SMILES string of the molecule is CCn1c2ccc1c(CCO)c2. The first-order valence-electron chi connectivity index (χ1n) is 4.38. The Morgan fingerprint density at radius 1 is 1.42 bits per heavy atom. The summed E-state index contributed by atoms with van der Waals surface area (Å²) < 4.78 is 2.27. The van der Waals surface area contributed by atoms with Crippen molar-refractivity contribution in [3.8, 4) is 0 Å². The second-order valence-electron chi connectivity index (χ2n) is 3.03. The first-order valence-corrected chi connectivity index (χ1v) is 4.38. The molecule has 12 heavy (non-hydrogen) atoms. The Morgan fingerprint density at radius 2 is 2.25 bits per heavy atom. The molecular weight excluding hydrogens is 150 g/mol. The van der Waals surface area contributed by atoms with Crippen LogP contribution in [0.25, 0.3) is 11.0 Å². The highest BCUT2D eigenvalue weighted by Gasteiger charge is 2.08. The minimum absolute atomic E-state index is 0.244. The average molecular weight is 163 g/mol. The third kappa shape index (κ3) is 0.916. The number of hydrogen-bond acceptors (Lipinski definition) is 1. The Morgan fingerprint density at radius 3 is 2.83 bits per heavy atom. The van der Waals surface area contributed by atoms with E-state index in [1.807, 2.05) is 0 Å². The summed E-state index contributed by atoms with van der Waals surface area (Å²) in [6, 6.07) is 6.42. The van der Waals surface area contributed by atoms with Crippen LogP contribution in [0.1, 0.15) is 12.5 Å². The van der Waals surface area contributed by atoms with Crippen LogP contribution in [0.5, 0.6) is 0 Å². The second kappa shape index (κ2) is 2.79. The van der Waals surface area contributed by atoms with Crippen molar-refractivity contribution in [1.82, 2.24) is 4.57 Å². The van der Waals surface area contributed by atoms with Gasteiger partial charge in [0, 0.05) is 24.2 Å². The van der Waals surface area contributed by atoms with E-state index in [4.69, 9.17) is 5.11 Å². The molecular formula is C10H13NO. The highest BCUT2D eigenvalue weighted by atomic mass is 16.2. The molecule has 0 saturated heterocycles. The van der Waals surface area contributed by atoms with Gasteiger partial charge < -0.3 is 9.67 Å². The molecule has 0 aliphatic rings. The number of fused-ring (bicyclic) bond motifs is 2. The van der Waals surface area contributed by atoms with Crippen LogP contribution in [0.2, 0.25) is 0 Å². The van der Waals surface area contributed by atoms with E-state index in [1.54, 1.807) is 0 Å². The molecule has 0 aromatic carbocycles. The molecule has 0 aliphatic heterocycles. The Balaban J connectivity index is 2.47. The number of aliphatic hydroxyl groups excluding tert-OH is 1. The maximum atomic E-state index is 8.81. The van der Waals surface area contributed by atoms with Gasteiger partial charge in [0.05, 0.1) is 0 Å². The monoisotopic (exact) mass is 163 g/mol. The van der Waals surface area contributed by atoms with E-state index in [1.165, 1.54) is 16.6 Å². The molecule has 2 bridgehead atoms. The quantitative estimate of drug-likeness (QED) is 0.731. The summed E-state index contributed by atoms with van der Waals surface area (Å²) in [4.78, 5) is 0. The number of nitrogens with zero attached hydrogens (tertiary/aromatic N) is 1. The summed E-state index contributed by atoms with van der Waals surface area (Å²) in [6.45, 7) is 3.40. The number of aryl methyl sites for hydroxylation is 1. The van der Waals surface area contributed by atoms with Crippen molar-refractivity contribution in [2.45, 2.75) is 19.9 Å². The molecule has 0 fully saturated rings. The van der Waals surface area contributed by atoms with Crippen LogP contribution in [0.3, 0.4) is 0 Å². The Hall–Kier alpha value is -1.02.